The summed E-state index contributed by atoms with van der Waals surface area (Å²) in [6.45, 7) is 0. The fourth-order valence-corrected chi connectivity index (χ4v) is 10.9. The van der Waals surface area contributed by atoms with Crippen molar-refractivity contribution in [2.45, 2.75) is 0 Å². The number of anilines is 3. The molecule has 0 amide bonds. The smallest absolute Gasteiger partial charge is 0.136 e. The number of rotatable bonds is 7. The number of benzene rings is 10. The van der Waals surface area contributed by atoms with Gasteiger partial charge < -0.3 is 13.7 Å². The van der Waals surface area contributed by atoms with Gasteiger partial charge in [0.25, 0.3) is 0 Å². The van der Waals surface area contributed by atoms with Crippen LogP contribution in [0.25, 0.3) is 109 Å². The summed E-state index contributed by atoms with van der Waals surface area (Å²) in [5.74, 6) is 0. The van der Waals surface area contributed by atoms with E-state index in [0.717, 1.165) is 94.3 Å². The van der Waals surface area contributed by atoms with E-state index in [0.29, 0.717) is 0 Å². The van der Waals surface area contributed by atoms with Gasteiger partial charge in [0.2, 0.25) is 0 Å². The summed E-state index contributed by atoms with van der Waals surface area (Å²) in [5.41, 5.74) is 15.9. The molecule has 0 aliphatic heterocycles. The van der Waals surface area contributed by atoms with E-state index in [4.69, 9.17) is 8.83 Å². The van der Waals surface area contributed by atoms with E-state index in [1.807, 2.05) is 23.5 Å². The van der Waals surface area contributed by atoms with Crippen LogP contribution in [0.4, 0.5) is 17.1 Å². The van der Waals surface area contributed by atoms with Crippen molar-refractivity contribution >= 4 is 92.4 Å². The second-order valence-electron chi connectivity index (χ2n) is 16.4. The molecule has 0 aliphatic carbocycles. The fraction of sp³-hybridized carbons (Fsp3) is 0. The van der Waals surface area contributed by atoms with Crippen molar-refractivity contribution < 1.29 is 8.83 Å². The molecule has 3 nitrogen and oxygen atoms in total. The molecule has 0 radical (unpaired) electrons. The summed E-state index contributed by atoms with van der Waals surface area (Å²) in [7, 11) is 0. The van der Waals surface area contributed by atoms with Gasteiger partial charge in [-0.05, 0) is 118 Å². The highest BCUT2D eigenvalue weighted by molar-refractivity contribution is 7.25. The van der Waals surface area contributed by atoms with Crippen molar-refractivity contribution in [3.8, 4) is 44.5 Å². The predicted molar refractivity (Wildman–Crippen MR) is 270 cm³/mol. The van der Waals surface area contributed by atoms with Gasteiger partial charge >= 0.3 is 0 Å². The van der Waals surface area contributed by atoms with Crippen molar-refractivity contribution in [3.05, 3.63) is 224 Å². The van der Waals surface area contributed by atoms with Crippen LogP contribution in [0, 0.1) is 0 Å². The molecule has 0 saturated heterocycles. The molecule has 64 heavy (non-hydrogen) atoms. The first-order valence-corrected chi connectivity index (χ1v) is 22.5. The van der Waals surface area contributed by atoms with E-state index in [1.54, 1.807) is 0 Å². The van der Waals surface area contributed by atoms with Crippen molar-refractivity contribution in [1.29, 1.82) is 0 Å². The Kier molecular flexibility index (Phi) is 8.40. The van der Waals surface area contributed by atoms with Crippen molar-refractivity contribution in [2.24, 2.45) is 0 Å². The van der Waals surface area contributed by atoms with Gasteiger partial charge in [-0.3, -0.25) is 0 Å². The summed E-state index contributed by atoms with van der Waals surface area (Å²) in [6, 6.07) is 80.4. The molecule has 0 bridgehead atoms. The van der Waals surface area contributed by atoms with Gasteiger partial charge in [0.1, 0.15) is 22.3 Å². The van der Waals surface area contributed by atoms with Crippen LogP contribution >= 0.6 is 11.3 Å². The zero-order chi connectivity index (χ0) is 42.1. The Bertz CT molecular complexity index is 3880. The van der Waals surface area contributed by atoms with Crippen LogP contribution in [-0.4, -0.2) is 0 Å². The van der Waals surface area contributed by atoms with Crippen LogP contribution < -0.4 is 4.90 Å². The Morgan fingerprint density at radius 1 is 0.297 bits per heavy atom. The zero-order valence-corrected chi connectivity index (χ0v) is 35.4. The highest BCUT2D eigenvalue weighted by atomic mass is 32.1. The number of nitrogens with zero attached hydrogens (tertiary/aromatic N) is 1. The van der Waals surface area contributed by atoms with Crippen LogP contribution in [0.3, 0.4) is 0 Å². The molecule has 13 rings (SSSR count). The highest BCUT2D eigenvalue weighted by Crippen LogP contribution is 2.49. The number of furan rings is 2. The lowest BCUT2D eigenvalue weighted by Crippen LogP contribution is -2.09. The van der Waals surface area contributed by atoms with Gasteiger partial charge in [0, 0.05) is 69.9 Å². The van der Waals surface area contributed by atoms with Crippen LogP contribution in [0.2, 0.25) is 0 Å². The average molecular weight is 836 g/mol. The number of hydrogen-bond acceptors (Lipinski definition) is 4. The molecule has 0 atom stereocenters. The van der Waals surface area contributed by atoms with Gasteiger partial charge in [0.05, 0.1) is 0 Å². The van der Waals surface area contributed by atoms with Gasteiger partial charge in [-0.25, -0.2) is 0 Å². The minimum Gasteiger partial charge on any atom is -0.456 e. The molecule has 3 heterocycles. The molecule has 300 valence electrons. The normalized spacial score (nSPS) is 11.8. The molecule has 0 N–H and O–H groups in total. The molecule has 4 heteroatoms. The standard InChI is InChI=1S/C60H37NO2S/c1-3-13-38(14-4-1)39-23-27-42(28-24-39)61(44-31-36-56-50(37-44)45-17-9-12-22-55(45)64-56)43-29-25-41(26-30-43)58-47(33-35-54-60(58)49-19-8-11-21-52(49)63-54)46-32-34-53-59(48-18-7-10-20-51(48)62-53)57(46)40-15-5-2-6-16-40/h1-37H. The van der Waals surface area contributed by atoms with E-state index in [9.17, 15) is 0 Å². The Morgan fingerprint density at radius 3 is 1.33 bits per heavy atom. The first-order valence-electron chi connectivity index (χ1n) is 21.7. The summed E-state index contributed by atoms with van der Waals surface area (Å²) < 4.78 is 15.7. The first-order chi connectivity index (χ1) is 31.7. The number of para-hydroxylation sites is 2. The van der Waals surface area contributed by atoms with Crippen LogP contribution in [0.5, 0.6) is 0 Å². The van der Waals surface area contributed by atoms with Gasteiger partial charge in [-0.1, -0.05) is 140 Å². The Hall–Kier alpha value is -8.18. The molecule has 0 aliphatic rings. The maximum Gasteiger partial charge on any atom is 0.136 e. The highest BCUT2D eigenvalue weighted by Gasteiger charge is 2.24. The summed E-state index contributed by atoms with van der Waals surface area (Å²) in [4.78, 5) is 2.38. The summed E-state index contributed by atoms with van der Waals surface area (Å²) >= 11 is 1.84. The lowest BCUT2D eigenvalue weighted by atomic mass is 9.85. The van der Waals surface area contributed by atoms with Gasteiger partial charge in [0.15, 0.2) is 0 Å². The first kappa shape index (κ1) is 36.5. The second kappa shape index (κ2) is 14.7. The second-order valence-corrected chi connectivity index (χ2v) is 17.4. The fourth-order valence-electron chi connectivity index (χ4n) is 9.80. The van der Waals surface area contributed by atoms with Crippen molar-refractivity contribution in [2.75, 3.05) is 4.90 Å². The largest absolute Gasteiger partial charge is 0.456 e. The number of fused-ring (bicyclic) bond motifs is 9. The van der Waals surface area contributed by atoms with E-state index >= 15 is 0 Å². The minimum absolute atomic E-state index is 0.858. The summed E-state index contributed by atoms with van der Waals surface area (Å²) in [6.07, 6.45) is 0. The third-order valence-electron chi connectivity index (χ3n) is 12.7. The lowest BCUT2D eigenvalue weighted by Gasteiger charge is -2.26. The molecule has 0 fully saturated rings. The van der Waals surface area contributed by atoms with Crippen molar-refractivity contribution in [1.82, 2.24) is 0 Å². The molecular weight excluding hydrogens is 799 g/mol. The predicted octanol–water partition coefficient (Wildman–Crippen LogP) is 18.0. The van der Waals surface area contributed by atoms with Gasteiger partial charge in [-0.15, -0.1) is 11.3 Å². The zero-order valence-electron chi connectivity index (χ0n) is 34.5. The number of thiophene rings is 1. The van der Waals surface area contributed by atoms with E-state index in [-0.39, 0.29) is 0 Å². The van der Waals surface area contributed by atoms with E-state index in [2.05, 4.69) is 217 Å². The third kappa shape index (κ3) is 5.88. The van der Waals surface area contributed by atoms with Crippen LogP contribution in [0.1, 0.15) is 0 Å². The van der Waals surface area contributed by atoms with E-state index in [1.165, 1.54) is 31.3 Å². The van der Waals surface area contributed by atoms with Crippen molar-refractivity contribution in [3.63, 3.8) is 0 Å². The summed E-state index contributed by atoms with van der Waals surface area (Å²) in [5, 5.41) is 6.95. The third-order valence-corrected chi connectivity index (χ3v) is 13.9. The maximum atomic E-state index is 6.59. The molecular formula is C60H37NO2S. The van der Waals surface area contributed by atoms with E-state index < -0.39 is 0 Å². The number of hydrogen-bond donors (Lipinski definition) is 0. The molecule has 10 aromatic carbocycles. The topological polar surface area (TPSA) is 29.5 Å². The van der Waals surface area contributed by atoms with Crippen LogP contribution in [0.15, 0.2) is 233 Å². The molecule has 0 unspecified atom stereocenters. The average Bonchev–Trinajstić information content (AvgIpc) is 4.06. The molecule has 0 saturated carbocycles. The molecule has 0 spiro atoms. The lowest BCUT2D eigenvalue weighted by molar-refractivity contribution is 0.668. The molecule has 13 aromatic rings. The Morgan fingerprint density at radius 2 is 0.734 bits per heavy atom. The van der Waals surface area contributed by atoms with Gasteiger partial charge in [-0.2, -0.15) is 0 Å². The Labute approximate surface area is 373 Å². The minimum atomic E-state index is 0.858. The quantitative estimate of drug-likeness (QED) is 0.160. The van der Waals surface area contributed by atoms with Crippen LogP contribution in [-0.2, 0) is 0 Å². The SMILES string of the molecule is c1ccc(-c2ccc(N(c3ccc(-c4c(-c5ccc6oc7ccccc7c6c5-c5ccccc5)ccc5oc6ccccc6c45)cc3)c3ccc4sc5ccccc5c4c3)cc2)cc1. The Balaban J connectivity index is 1.03. The monoisotopic (exact) mass is 835 g/mol. The molecule has 3 aromatic heterocycles. The maximum absolute atomic E-state index is 6.59.